The molecule has 2 fully saturated rings. The zero-order valence-electron chi connectivity index (χ0n) is 12.8. The second-order valence-electron chi connectivity index (χ2n) is 6.03. The maximum atomic E-state index is 12.0. The lowest BCUT2D eigenvalue weighted by Gasteiger charge is -2.24. The van der Waals surface area contributed by atoms with E-state index in [4.69, 9.17) is 0 Å². The van der Waals surface area contributed by atoms with Gasteiger partial charge in [0.2, 0.25) is 0 Å². The van der Waals surface area contributed by atoms with Crippen molar-refractivity contribution in [3.05, 3.63) is 28.7 Å². The van der Waals surface area contributed by atoms with Gasteiger partial charge in [0.25, 0.3) is 5.91 Å². The molecule has 2 heterocycles. The third kappa shape index (κ3) is 3.49. The SMILES string of the molecule is CC(C)C(=O)N=C1SC2CS(=O)(=O)CC2N1c1ccc(Br)cc1. The van der Waals surface area contributed by atoms with Crippen LogP contribution in [-0.4, -0.2) is 42.3 Å². The molecule has 1 aromatic carbocycles. The van der Waals surface area contributed by atoms with Gasteiger partial charge in [0.05, 0.1) is 17.5 Å². The molecular formula is C15H17BrN2O3S2. The van der Waals surface area contributed by atoms with Crippen molar-refractivity contribution in [3.8, 4) is 0 Å². The molecule has 0 N–H and O–H groups in total. The van der Waals surface area contributed by atoms with Gasteiger partial charge in [0, 0.05) is 21.3 Å². The zero-order valence-corrected chi connectivity index (χ0v) is 16.0. The van der Waals surface area contributed by atoms with Crippen LogP contribution in [0.3, 0.4) is 0 Å². The van der Waals surface area contributed by atoms with E-state index in [-0.39, 0.29) is 34.6 Å². The van der Waals surface area contributed by atoms with E-state index in [1.807, 2.05) is 29.2 Å². The molecule has 0 aromatic heterocycles. The highest BCUT2D eigenvalue weighted by Gasteiger charge is 2.49. The Labute approximate surface area is 148 Å². The van der Waals surface area contributed by atoms with Gasteiger partial charge in [-0.25, -0.2) is 8.42 Å². The Kier molecular flexibility index (Phi) is 4.59. The number of thioether (sulfide) groups is 1. The van der Waals surface area contributed by atoms with Crippen LogP contribution >= 0.6 is 27.7 Å². The topological polar surface area (TPSA) is 66.8 Å². The molecule has 124 valence electrons. The number of hydrogen-bond donors (Lipinski definition) is 0. The first kappa shape index (κ1) is 17.0. The quantitative estimate of drug-likeness (QED) is 0.741. The Balaban J connectivity index is 2.00. The summed E-state index contributed by atoms with van der Waals surface area (Å²) in [5, 5.41) is 0.540. The van der Waals surface area contributed by atoms with Crippen molar-refractivity contribution in [2.75, 3.05) is 16.4 Å². The second-order valence-corrected chi connectivity index (χ2v) is 10.3. The number of amidine groups is 1. The van der Waals surface area contributed by atoms with Crippen LogP contribution in [-0.2, 0) is 14.6 Å². The molecule has 23 heavy (non-hydrogen) atoms. The molecule has 2 unspecified atom stereocenters. The van der Waals surface area contributed by atoms with Crippen molar-refractivity contribution in [2.24, 2.45) is 10.9 Å². The molecule has 2 saturated heterocycles. The number of carbonyl (C=O) groups is 1. The lowest BCUT2D eigenvalue weighted by atomic mass is 10.2. The second kappa shape index (κ2) is 6.22. The molecule has 1 amide bonds. The average Bonchev–Trinajstić information content (AvgIpc) is 2.91. The monoisotopic (exact) mass is 416 g/mol. The number of rotatable bonds is 2. The lowest BCUT2D eigenvalue weighted by Crippen LogP contribution is -2.37. The first-order chi connectivity index (χ1) is 10.8. The molecule has 8 heteroatoms. The number of sulfone groups is 1. The summed E-state index contributed by atoms with van der Waals surface area (Å²) in [6, 6.07) is 7.46. The van der Waals surface area contributed by atoms with Crippen molar-refractivity contribution in [1.82, 2.24) is 0 Å². The predicted molar refractivity (Wildman–Crippen MR) is 97.7 cm³/mol. The normalized spacial score (nSPS) is 27.7. The zero-order chi connectivity index (χ0) is 16.8. The van der Waals surface area contributed by atoms with Gasteiger partial charge in [0.1, 0.15) is 0 Å². The van der Waals surface area contributed by atoms with Gasteiger partial charge < -0.3 is 4.90 Å². The summed E-state index contributed by atoms with van der Waals surface area (Å²) in [5.41, 5.74) is 0.862. The molecule has 5 nitrogen and oxygen atoms in total. The van der Waals surface area contributed by atoms with E-state index >= 15 is 0 Å². The maximum absolute atomic E-state index is 12.0. The fourth-order valence-corrected chi connectivity index (χ4v) is 6.88. The largest absolute Gasteiger partial charge is 0.316 e. The molecule has 0 spiro atoms. The van der Waals surface area contributed by atoms with Gasteiger partial charge in [-0.1, -0.05) is 41.5 Å². The van der Waals surface area contributed by atoms with Crippen LogP contribution in [0.15, 0.2) is 33.7 Å². The number of nitrogens with zero attached hydrogens (tertiary/aromatic N) is 2. The Morgan fingerprint density at radius 1 is 1.30 bits per heavy atom. The Hall–Kier alpha value is -0.860. The number of halogens is 1. The first-order valence-electron chi connectivity index (χ1n) is 7.31. The Bertz CT molecular complexity index is 759. The molecule has 0 radical (unpaired) electrons. The Morgan fingerprint density at radius 3 is 2.57 bits per heavy atom. The number of carbonyl (C=O) groups excluding carboxylic acids is 1. The van der Waals surface area contributed by atoms with Gasteiger partial charge in [0.15, 0.2) is 15.0 Å². The van der Waals surface area contributed by atoms with E-state index in [9.17, 15) is 13.2 Å². The highest BCUT2D eigenvalue weighted by molar-refractivity contribution is 9.10. The maximum Gasteiger partial charge on any atom is 0.250 e. The van der Waals surface area contributed by atoms with E-state index in [0.717, 1.165) is 10.2 Å². The molecule has 1 aromatic rings. The molecule has 0 bridgehead atoms. The fraction of sp³-hybridized carbons (Fsp3) is 0.467. The summed E-state index contributed by atoms with van der Waals surface area (Å²) in [5.74, 6) is -0.114. The molecular weight excluding hydrogens is 400 g/mol. The molecule has 0 aliphatic carbocycles. The summed E-state index contributed by atoms with van der Waals surface area (Å²) in [4.78, 5) is 18.2. The van der Waals surface area contributed by atoms with Gasteiger partial charge in [-0.05, 0) is 24.3 Å². The van der Waals surface area contributed by atoms with E-state index in [0.29, 0.717) is 5.17 Å². The summed E-state index contributed by atoms with van der Waals surface area (Å²) in [6.45, 7) is 3.61. The number of anilines is 1. The smallest absolute Gasteiger partial charge is 0.250 e. The average molecular weight is 417 g/mol. The van der Waals surface area contributed by atoms with Crippen molar-refractivity contribution in [2.45, 2.75) is 25.1 Å². The van der Waals surface area contributed by atoms with Crippen LogP contribution in [0.5, 0.6) is 0 Å². The molecule has 3 rings (SSSR count). The van der Waals surface area contributed by atoms with Gasteiger partial charge in [-0.3, -0.25) is 4.79 Å². The van der Waals surface area contributed by atoms with E-state index in [1.165, 1.54) is 11.8 Å². The summed E-state index contributed by atoms with van der Waals surface area (Å²) >= 11 is 4.80. The molecule has 0 saturated carbocycles. The number of benzene rings is 1. The van der Waals surface area contributed by atoms with Gasteiger partial charge in [-0.2, -0.15) is 4.99 Å². The number of amides is 1. The first-order valence-corrected chi connectivity index (χ1v) is 10.8. The van der Waals surface area contributed by atoms with Crippen LogP contribution < -0.4 is 4.90 Å². The van der Waals surface area contributed by atoms with Gasteiger partial charge >= 0.3 is 0 Å². The number of hydrogen-bond acceptors (Lipinski definition) is 4. The number of aliphatic imine (C=N–C) groups is 1. The minimum Gasteiger partial charge on any atom is -0.316 e. The fourth-order valence-electron chi connectivity index (χ4n) is 2.69. The van der Waals surface area contributed by atoms with Crippen molar-refractivity contribution >= 4 is 54.3 Å². The molecule has 2 aliphatic heterocycles. The minimum absolute atomic E-state index is 0.0673. The standard InChI is InChI=1S/C15H17BrN2O3S2/c1-9(2)14(19)17-15-18(11-5-3-10(16)4-6-11)12-7-23(20,21)8-13(12)22-15/h3-6,9,12-13H,7-8H2,1-2H3. The highest BCUT2D eigenvalue weighted by atomic mass is 79.9. The lowest BCUT2D eigenvalue weighted by molar-refractivity contribution is -0.120. The van der Waals surface area contributed by atoms with E-state index in [2.05, 4.69) is 20.9 Å². The van der Waals surface area contributed by atoms with Crippen molar-refractivity contribution in [1.29, 1.82) is 0 Å². The van der Waals surface area contributed by atoms with Crippen LogP contribution in [0.25, 0.3) is 0 Å². The van der Waals surface area contributed by atoms with E-state index in [1.54, 1.807) is 13.8 Å². The third-order valence-corrected chi connectivity index (χ3v) is 7.61. The van der Waals surface area contributed by atoms with Crippen molar-refractivity contribution < 1.29 is 13.2 Å². The Morgan fingerprint density at radius 2 is 1.96 bits per heavy atom. The summed E-state index contributed by atoms with van der Waals surface area (Å²) in [7, 11) is -3.03. The van der Waals surface area contributed by atoms with Gasteiger partial charge in [-0.15, -0.1) is 0 Å². The minimum atomic E-state index is -3.03. The molecule has 2 aliphatic rings. The molecule has 2 atom stereocenters. The van der Waals surface area contributed by atoms with Crippen LogP contribution in [0, 0.1) is 5.92 Å². The van der Waals surface area contributed by atoms with Crippen LogP contribution in [0.1, 0.15) is 13.8 Å². The predicted octanol–water partition coefficient (Wildman–Crippen LogP) is 2.71. The third-order valence-electron chi connectivity index (χ3n) is 3.87. The van der Waals surface area contributed by atoms with Crippen LogP contribution in [0.4, 0.5) is 5.69 Å². The number of fused-ring (bicyclic) bond motifs is 1. The summed E-state index contributed by atoms with van der Waals surface area (Å²) in [6.07, 6.45) is 0. The van der Waals surface area contributed by atoms with Crippen molar-refractivity contribution in [3.63, 3.8) is 0 Å². The summed E-state index contributed by atoms with van der Waals surface area (Å²) < 4.78 is 24.9. The van der Waals surface area contributed by atoms with E-state index < -0.39 is 9.84 Å². The van der Waals surface area contributed by atoms with Crippen LogP contribution in [0.2, 0.25) is 0 Å². The highest BCUT2D eigenvalue weighted by Crippen LogP contribution is 2.41.